The van der Waals surface area contributed by atoms with E-state index >= 15 is 0 Å². The van der Waals surface area contributed by atoms with E-state index in [-0.39, 0.29) is 0 Å². The maximum atomic E-state index is 6.33. The molecule has 0 radical (unpaired) electrons. The van der Waals surface area contributed by atoms with Gasteiger partial charge < -0.3 is 9.80 Å². The van der Waals surface area contributed by atoms with E-state index < -0.39 is 0 Å². The molecule has 4 rings (SSSR count). The summed E-state index contributed by atoms with van der Waals surface area (Å²) in [4.78, 5) is 4.67. The van der Waals surface area contributed by atoms with E-state index in [1.54, 1.807) is 10.8 Å². The van der Waals surface area contributed by atoms with Crippen molar-refractivity contribution in [1.82, 2.24) is 24.7 Å². The molecule has 0 atom stereocenters. The van der Waals surface area contributed by atoms with Crippen LogP contribution in [0.1, 0.15) is 30.9 Å². The Morgan fingerprint density at radius 1 is 1.14 bits per heavy atom. The van der Waals surface area contributed by atoms with Crippen molar-refractivity contribution in [1.29, 1.82) is 0 Å². The van der Waals surface area contributed by atoms with E-state index in [0.717, 1.165) is 54.8 Å². The SMILES string of the molecule is C=C(Cc1ccc(Cl)c(C(C)C)c1)N1CCN(c2ccc3nncn3n2)CC1. The van der Waals surface area contributed by atoms with E-state index in [4.69, 9.17) is 11.6 Å². The lowest BCUT2D eigenvalue weighted by Crippen LogP contribution is -2.46. The zero-order valence-electron chi connectivity index (χ0n) is 16.3. The van der Waals surface area contributed by atoms with Gasteiger partial charge in [0.05, 0.1) is 0 Å². The third-order valence-corrected chi connectivity index (χ3v) is 5.63. The molecule has 0 unspecified atom stereocenters. The molecule has 0 spiro atoms. The largest absolute Gasteiger partial charge is 0.371 e. The van der Waals surface area contributed by atoms with Gasteiger partial charge in [0, 0.05) is 43.3 Å². The van der Waals surface area contributed by atoms with E-state index in [0.29, 0.717) is 5.92 Å². The van der Waals surface area contributed by atoms with Crippen LogP contribution < -0.4 is 4.90 Å². The fraction of sp³-hybridized carbons (Fsp3) is 0.381. The number of anilines is 1. The van der Waals surface area contributed by atoms with Crippen molar-refractivity contribution in [2.24, 2.45) is 0 Å². The van der Waals surface area contributed by atoms with Gasteiger partial charge in [-0.3, -0.25) is 0 Å². The number of hydrogen-bond donors (Lipinski definition) is 0. The second kappa shape index (κ2) is 7.80. The van der Waals surface area contributed by atoms with E-state index in [2.05, 4.69) is 57.7 Å². The number of rotatable bonds is 5. The molecular formula is C21H25ClN6. The number of aromatic nitrogens is 4. The Hall–Kier alpha value is -2.60. The summed E-state index contributed by atoms with van der Waals surface area (Å²) in [6.07, 6.45) is 2.48. The topological polar surface area (TPSA) is 49.6 Å². The molecule has 1 aliphatic rings. The molecule has 7 heteroatoms. The van der Waals surface area contributed by atoms with Crippen molar-refractivity contribution in [3.05, 3.63) is 65.1 Å². The summed E-state index contributed by atoms with van der Waals surface area (Å²) in [6, 6.07) is 10.3. The van der Waals surface area contributed by atoms with E-state index in [1.165, 1.54) is 11.1 Å². The van der Waals surface area contributed by atoms with Crippen LogP contribution in [0.2, 0.25) is 5.02 Å². The van der Waals surface area contributed by atoms with Crippen molar-refractivity contribution >= 4 is 23.1 Å². The minimum atomic E-state index is 0.416. The predicted octanol–water partition coefficient (Wildman–Crippen LogP) is 3.78. The smallest absolute Gasteiger partial charge is 0.177 e. The quantitative estimate of drug-likeness (QED) is 0.656. The lowest BCUT2D eigenvalue weighted by Gasteiger charge is -2.37. The molecule has 146 valence electrons. The fourth-order valence-corrected chi connectivity index (χ4v) is 3.97. The van der Waals surface area contributed by atoms with Gasteiger partial charge in [-0.15, -0.1) is 15.3 Å². The Labute approximate surface area is 170 Å². The number of halogens is 1. The van der Waals surface area contributed by atoms with Crippen LogP contribution in [0.15, 0.2) is 48.9 Å². The third kappa shape index (κ3) is 3.83. The first kappa shape index (κ1) is 18.7. The maximum absolute atomic E-state index is 6.33. The lowest BCUT2D eigenvalue weighted by molar-refractivity contribution is 0.315. The molecule has 3 aromatic rings. The highest BCUT2D eigenvalue weighted by atomic mass is 35.5. The number of piperazine rings is 1. The number of fused-ring (bicyclic) bond motifs is 1. The lowest BCUT2D eigenvalue weighted by atomic mass is 9.98. The first-order valence-electron chi connectivity index (χ1n) is 9.64. The monoisotopic (exact) mass is 396 g/mol. The number of hydrogen-bond acceptors (Lipinski definition) is 5. The van der Waals surface area contributed by atoms with Gasteiger partial charge in [-0.05, 0) is 35.2 Å². The zero-order valence-corrected chi connectivity index (χ0v) is 17.1. The second-order valence-electron chi connectivity index (χ2n) is 7.55. The highest BCUT2D eigenvalue weighted by molar-refractivity contribution is 6.31. The molecule has 28 heavy (non-hydrogen) atoms. The Kier molecular flexibility index (Phi) is 5.22. The van der Waals surface area contributed by atoms with E-state index in [9.17, 15) is 0 Å². The minimum absolute atomic E-state index is 0.416. The number of allylic oxidation sites excluding steroid dienone is 1. The minimum Gasteiger partial charge on any atom is -0.371 e. The van der Waals surface area contributed by atoms with Crippen LogP contribution in [-0.2, 0) is 6.42 Å². The summed E-state index contributed by atoms with van der Waals surface area (Å²) < 4.78 is 1.72. The molecule has 6 nitrogen and oxygen atoms in total. The Bertz CT molecular complexity index is 987. The van der Waals surface area contributed by atoms with Gasteiger partial charge in [-0.1, -0.05) is 44.2 Å². The normalized spacial score (nSPS) is 14.9. The van der Waals surface area contributed by atoms with Gasteiger partial charge >= 0.3 is 0 Å². The highest BCUT2D eigenvalue weighted by Crippen LogP contribution is 2.26. The van der Waals surface area contributed by atoms with E-state index in [1.807, 2.05) is 18.2 Å². The van der Waals surface area contributed by atoms with Gasteiger partial charge in [-0.2, -0.15) is 4.52 Å². The summed E-state index contributed by atoms with van der Waals surface area (Å²) in [6.45, 7) is 12.4. The summed E-state index contributed by atoms with van der Waals surface area (Å²) in [5, 5.41) is 13.3. The summed E-state index contributed by atoms with van der Waals surface area (Å²) >= 11 is 6.33. The molecule has 1 fully saturated rings. The van der Waals surface area contributed by atoms with Crippen molar-refractivity contribution in [2.75, 3.05) is 31.1 Å². The number of benzene rings is 1. The standard InChI is InChI=1S/C21H25ClN6/c1-15(2)18-13-17(4-5-19(18)22)12-16(3)26-8-10-27(11-9-26)21-7-6-20-24-23-14-28(20)25-21/h4-7,13-15H,3,8-12H2,1-2H3. The Morgan fingerprint density at radius 2 is 1.93 bits per heavy atom. The number of nitrogens with zero attached hydrogens (tertiary/aromatic N) is 6. The van der Waals surface area contributed by atoms with Crippen LogP contribution in [0, 0.1) is 0 Å². The van der Waals surface area contributed by atoms with Crippen LogP contribution in [-0.4, -0.2) is 50.9 Å². The van der Waals surface area contributed by atoms with Gasteiger partial charge in [0.2, 0.25) is 0 Å². The second-order valence-corrected chi connectivity index (χ2v) is 7.96. The van der Waals surface area contributed by atoms with Crippen molar-refractivity contribution in [3.63, 3.8) is 0 Å². The van der Waals surface area contributed by atoms with Gasteiger partial charge in [0.1, 0.15) is 12.1 Å². The molecule has 0 N–H and O–H groups in total. The van der Waals surface area contributed by atoms with Crippen LogP contribution in [0.25, 0.3) is 5.65 Å². The molecule has 0 saturated carbocycles. The third-order valence-electron chi connectivity index (χ3n) is 5.29. The predicted molar refractivity (Wildman–Crippen MR) is 113 cm³/mol. The average molecular weight is 397 g/mol. The zero-order chi connectivity index (χ0) is 19.7. The molecule has 0 amide bonds. The maximum Gasteiger partial charge on any atom is 0.177 e. The first-order chi connectivity index (χ1) is 13.5. The van der Waals surface area contributed by atoms with Crippen LogP contribution in [0.5, 0.6) is 0 Å². The van der Waals surface area contributed by atoms with Crippen molar-refractivity contribution < 1.29 is 0 Å². The molecule has 1 saturated heterocycles. The van der Waals surface area contributed by atoms with Gasteiger partial charge in [0.15, 0.2) is 5.65 Å². The summed E-state index contributed by atoms with van der Waals surface area (Å²) in [7, 11) is 0. The molecule has 3 heterocycles. The fourth-order valence-electron chi connectivity index (χ4n) is 3.63. The van der Waals surface area contributed by atoms with Crippen LogP contribution in [0.3, 0.4) is 0 Å². The Balaban J connectivity index is 1.38. The molecule has 1 aliphatic heterocycles. The summed E-state index contributed by atoms with van der Waals surface area (Å²) in [5.74, 6) is 1.37. The van der Waals surface area contributed by atoms with Crippen molar-refractivity contribution in [2.45, 2.75) is 26.2 Å². The van der Waals surface area contributed by atoms with Crippen LogP contribution in [0.4, 0.5) is 5.82 Å². The molecule has 1 aromatic carbocycles. The van der Waals surface area contributed by atoms with Gasteiger partial charge in [-0.25, -0.2) is 0 Å². The summed E-state index contributed by atoms with van der Waals surface area (Å²) in [5.41, 5.74) is 4.38. The molecular weight excluding hydrogens is 372 g/mol. The highest BCUT2D eigenvalue weighted by Gasteiger charge is 2.20. The first-order valence-corrected chi connectivity index (χ1v) is 10.0. The Morgan fingerprint density at radius 3 is 2.68 bits per heavy atom. The van der Waals surface area contributed by atoms with Crippen molar-refractivity contribution in [3.8, 4) is 0 Å². The molecule has 0 bridgehead atoms. The molecule has 2 aromatic heterocycles. The molecule has 0 aliphatic carbocycles. The van der Waals surface area contributed by atoms with Crippen LogP contribution >= 0.6 is 11.6 Å². The average Bonchev–Trinajstić information content (AvgIpc) is 3.17. The van der Waals surface area contributed by atoms with Gasteiger partial charge in [0.25, 0.3) is 0 Å².